The average molecular weight is 268 g/mol. The third kappa shape index (κ3) is 4.58. The van der Waals surface area contributed by atoms with Crippen LogP contribution in [0.2, 0.25) is 0 Å². The van der Waals surface area contributed by atoms with Gasteiger partial charge in [-0.2, -0.15) is 0 Å². The van der Waals surface area contributed by atoms with Gasteiger partial charge in [-0.05, 0) is 11.8 Å². The van der Waals surface area contributed by atoms with Crippen LogP contribution in [0.3, 0.4) is 0 Å². The number of nitrogens with one attached hydrogen (secondary N) is 1. The summed E-state index contributed by atoms with van der Waals surface area (Å²) in [5.74, 6) is -1.46. The van der Waals surface area contributed by atoms with E-state index in [4.69, 9.17) is 5.11 Å². The Kier molecular flexibility index (Phi) is 4.97. The van der Waals surface area contributed by atoms with E-state index in [9.17, 15) is 9.59 Å². The van der Waals surface area contributed by atoms with Crippen molar-refractivity contribution in [3.8, 4) is 0 Å². The molecule has 0 saturated heterocycles. The maximum atomic E-state index is 11.9. The molecule has 0 aromatic carbocycles. The molecule has 0 aliphatic carbocycles. The minimum Gasteiger partial charge on any atom is -0.481 e. The summed E-state index contributed by atoms with van der Waals surface area (Å²) >= 11 is 0. The van der Waals surface area contributed by atoms with Gasteiger partial charge in [0.1, 0.15) is 0 Å². The molecule has 0 saturated carbocycles. The van der Waals surface area contributed by atoms with Gasteiger partial charge in [0.15, 0.2) is 0 Å². The smallest absolute Gasteiger partial charge is 0.317 e. The Morgan fingerprint density at radius 2 is 2.11 bits per heavy atom. The van der Waals surface area contributed by atoms with Crippen LogP contribution >= 0.6 is 0 Å². The zero-order chi connectivity index (χ0) is 14.6. The van der Waals surface area contributed by atoms with Gasteiger partial charge in [0.25, 0.3) is 0 Å². The molecule has 1 rings (SSSR count). The third-order valence-corrected chi connectivity index (χ3v) is 3.44. The number of carbonyl (C=O) groups is 2. The quantitative estimate of drug-likeness (QED) is 0.770. The van der Waals surface area contributed by atoms with E-state index >= 15 is 0 Å². The van der Waals surface area contributed by atoms with Crippen LogP contribution in [0.25, 0.3) is 0 Å². The van der Waals surface area contributed by atoms with Crippen molar-refractivity contribution < 1.29 is 14.7 Å². The van der Waals surface area contributed by atoms with Crippen molar-refractivity contribution in [3.63, 3.8) is 0 Å². The minimum absolute atomic E-state index is 0.153. The highest BCUT2D eigenvalue weighted by atomic mass is 16.4. The third-order valence-electron chi connectivity index (χ3n) is 3.44. The lowest BCUT2D eigenvalue weighted by molar-refractivity contribution is -0.140. The fourth-order valence-electron chi connectivity index (χ4n) is 1.97. The number of carboxylic acids is 1. The molecular formula is C14H24N2O3. The number of aliphatic carboxylic acids is 1. The van der Waals surface area contributed by atoms with E-state index in [1.807, 2.05) is 0 Å². The monoisotopic (exact) mass is 268 g/mol. The summed E-state index contributed by atoms with van der Waals surface area (Å²) in [5.41, 5.74) is 1.52. The molecule has 0 aromatic rings. The van der Waals surface area contributed by atoms with E-state index in [1.54, 1.807) is 11.8 Å². The molecule has 1 heterocycles. The molecule has 0 spiro atoms. The molecule has 1 atom stereocenters. The maximum absolute atomic E-state index is 11.9. The molecule has 1 aliphatic rings. The van der Waals surface area contributed by atoms with Crippen LogP contribution in [-0.4, -0.2) is 41.6 Å². The first-order valence-corrected chi connectivity index (χ1v) is 6.67. The number of hydrogen-bond acceptors (Lipinski definition) is 2. The molecule has 0 radical (unpaired) electrons. The summed E-state index contributed by atoms with van der Waals surface area (Å²) < 4.78 is 0. The highest BCUT2D eigenvalue weighted by molar-refractivity contribution is 5.76. The second kappa shape index (κ2) is 6.08. The van der Waals surface area contributed by atoms with Crippen LogP contribution in [-0.2, 0) is 4.79 Å². The van der Waals surface area contributed by atoms with Gasteiger partial charge in [-0.3, -0.25) is 4.79 Å². The summed E-state index contributed by atoms with van der Waals surface area (Å²) in [6.45, 7) is 9.54. The Labute approximate surface area is 114 Å². The number of amides is 2. The molecule has 108 valence electrons. The summed E-state index contributed by atoms with van der Waals surface area (Å²) in [7, 11) is 0. The Balaban J connectivity index is 2.45. The van der Waals surface area contributed by atoms with Gasteiger partial charge in [-0.25, -0.2) is 4.79 Å². The van der Waals surface area contributed by atoms with Crippen molar-refractivity contribution >= 4 is 12.0 Å². The number of carboxylic acid groups (broad SMARTS) is 1. The van der Waals surface area contributed by atoms with Crippen LogP contribution in [0.4, 0.5) is 4.79 Å². The van der Waals surface area contributed by atoms with Crippen molar-refractivity contribution in [2.45, 2.75) is 34.1 Å². The average Bonchev–Trinajstić information content (AvgIpc) is 2.34. The van der Waals surface area contributed by atoms with Gasteiger partial charge in [0.2, 0.25) is 0 Å². The molecule has 5 nitrogen and oxygen atoms in total. The van der Waals surface area contributed by atoms with Gasteiger partial charge in [0.05, 0.1) is 5.92 Å². The molecule has 1 unspecified atom stereocenters. The van der Waals surface area contributed by atoms with Gasteiger partial charge >= 0.3 is 12.0 Å². The lowest BCUT2D eigenvalue weighted by atomic mass is 9.83. The molecule has 2 amide bonds. The Hall–Kier alpha value is -1.52. The SMILES string of the molecule is CC(CNC(=O)N1CC=C(C(C)(C)C)CC1)C(=O)O. The topological polar surface area (TPSA) is 69.6 Å². The van der Waals surface area contributed by atoms with Gasteiger partial charge < -0.3 is 15.3 Å². The van der Waals surface area contributed by atoms with Crippen molar-refractivity contribution in [3.05, 3.63) is 11.6 Å². The number of rotatable bonds is 3. The van der Waals surface area contributed by atoms with E-state index in [0.717, 1.165) is 6.42 Å². The van der Waals surface area contributed by atoms with E-state index < -0.39 is 11.9 Å². The lowest BCUT2D eigenvalue weighted by Crippen LogP contribution is -2.44. The zero-order valence-corrected chi connectivity index (χ0v) is 12.2. The molecular weight excluding hydrogens is 244 g/mol. The fourth-order valence-corrected chi connectivity index (χ4v) is 1.97. The highest BCUT2D eigenvalue weighted by Crippen LogP contribution is 2.29. The van der Waals surface area contributed by atoms with Gasteiger partial charge in [-0.15, -0.1) is 0 Å². The van der Waals surface area contributed by atoms with Crippen LogP contribution in [0.1, 0.15) is 34.1 Å². The summed E-state index contributed by atoms with van der Waals surface area (Å²) in [4.78, 5) is 24.3. The van der Waals surface area contributed by atoms with Gasteiger partial charge in [-0.1, -0.05) is 39.3 Å². The predicted molar refractivity (Wildman–Crippen MR) is 73.9 cm³/mol. The van der Waals surface area contributed by atoms with Crippen LogP contribution in [0.15, 0.2) is 11.6 Å². The Bertz CT molecular complexity index is 383. The second-order valence-corrected chi connectivity index (χ2v) is 6.10. The summed E-state index contributed by atoms with van der Waals surface area (Å²) in [6, 6.07) is -0.183. The molecule has 0 bridgehead atoms. The second-order valence-electron chi connectivity index (χ2n) is 6.10. The molecule has 5 heteroatoms. The van der Waals surface area contributed by atoms with E-state index in [1.165, 1.54) is 5.57 Å². The predicted octanol–water partition coefficient (Wildman–Crippen LogP) is 2.09. The number of hydrogen-bond donors (Lipinski definition) is 2. The molecule has 0 aromatic heterocycles. The standard InChI is InChI=1S/C14H24N2O3/c1-10(12(17)18)9-15-13(19)16-7-5-11(6-8-16)14(2,3)4/h5,10H,6-9H2,1-4H3,(H,15,19)(H,17,18). The lowest BCUT2D eigenvalue weighted by Gasteiger charge is -2.32. The molecule has 1 aliphatic heterocycles. The summed E-state index contributed by atoms with van der Waals surface area (Å²) in [5, 5.41) is 11.4. The van der Waals surface area contributed by atoms with E-state index in [-0.39, 0.29) is 18.0 Å². The number of urea groups is 1. The number of nitrogens with zero attached hydrogens (tertiary/aromatic N) is 1. The normalized spacial score (nSPS) is 17.7. The molecule has 0 fully saturated rings. The van der Waals surface area contributed by atoms with Crippen LogP contribution in [0.5, 0.6) is 0 Å². The van der Waals surface area contributed by atoms with E-state index in [2.05, 4.69) is 32.2 Å². The number of carbonyl (C=O) groups excluding carboxylic acids is 1. The minimum atomic E-state index is -0.895. The van der Waals surface area contributed by atoms with Crippen molar-refractivity contribution in [2.75, 3.05) is 19.6 Å². The fraction of sp³-hybridized carbons (Fsp3) is 0.714. The van der Waals surface area contributed by atoms with E-state index in [0.29, 0.717) is 13.1 Å². The maximum Gasteiger partial charge on any atom is 0.317 e. The first-order chi connectivity index (χ1) is 8.71. The largest absolute Gasteiger partial charge is 0.481 e. The van der Waals surface area contributed by atoms with Crippen molar-refractivity contribution in [1.82, 2.24) is 10.2 Å². The molecule has 2 N–H and O–H groups in total. The Morgan fingerprint density at radius 3 is 2.53 bits per heavy atom. The first-order valence-electron chi connectivity index (χ1n) is 6.67. The van der Waals surface area contributed by atoms with Crippen molar-refractivity contribution in [1.29, 1.82) is 0 Å². The van der Waals surface area contributed by atoms with Crippen molar-refractivity contribution in [2.24, 2.45) is 11.3 Å². The zero-order valence-electron chi connectivity index (χ0n) is 12.2. The summed E-state index contributed by atoms with van der Waals surface area (Å²) in [6.07, 6.45) is 2.98. The Morgan fingerprint density at radius 1 is 1.47 bits per heavy atom. The molecule has 19 heavy (non-hydrogen) atoms. The van der Waals surface area contributed by atoms with Crippen LogP contribution < -0.4 is 5.32 Å². The van der Waals surface area contributed by atoms with Crippen LogP contribution in [0, 0.1) is 11.3 Å². The highest BCUT2D eigenvalue weighted by Gasteiger charge is 2.23. The van der Waals surface area contributed by atoms with Gasteiger partial charge in [0, 0.05) is 19.6 Å². The first kappa shape index (κ1) is 15.5.